The van der Waals surface area contributed by atoms with Crippen LogP contribution >= 0.6 is 0 Å². The Morgan fingerprint density at radius 3 is 2.43 bits per heavy atom. The zero-order chi connectivity index (χ0) is 10.4. The molecule has 1 unspecified atom stereocenters. The molecule has 1 atom stereocenters. The van der Waals surface area contributed by atoms with Gasteiger partial charge in [-0.25, -0.2) is 0 Å². The lowest BCUT2D eigenvalue weighted by molar-refractivity contribution is 0.733. The van der Waals surface area contributed by atoms with Crippen molar-refractivity contribution < 1.29 is 0 Å². The molecule has 0 bridgehead atoms. The summed E-state index contributed by atoms with van der Waals surface area (Å²) in [6.45, 7) is 5.07. The summed E-state index contributed by atoms with van der Waals surface area (Å²) < 4.78 is 0. The number of hydrogen-bond donors (Lipinski definition) is 1. The van der Waals surface area contributed by atoms with Gasteiger partial charge in [0.25, 0.3) is 0 Å². The smallest absolute Gasteiger partial charge is 0.0110 e. The van der Waals surface area contributed by atoms with Crippen LogP contribution in [0, 0.1) is 0 Å². The van der Waals surface area contributed by atoms with Crippen molar-refractivity contribution in [2.75, 3.05) is 6.54 Å². The van der Waals surface area contributed by atoms with Crippen LogP contribution in [0.2, 0.25) is 0 Å². The molecule has 0 saturated carbocycles. The van der Waals surface area contributed by atoms with Gasteiger partial charge < -0.3 is 5.73 Å². The number of nitrogens with two attached hydrogens (primary N) is 1. The van der Waals surface area contributed by atoms with E-state index >= 15 is 0 Å². The van der Waals surface area contributed by atoms with Crippen molar-refractivity contribution >= 4 is 6.08 Å². The monoisotopic (exact) mass is 189 g/mol. The SMILES string of the molecule is CCC(C)c1ccc(/C=C/CN)cc1. The first-order valence-corrected chi connectivity index (χ1v) is 5.24. The van der Waals surface area contributed by atoms with E-state index in [-0.39, 0.29) is 0 Å². The van der Waals surface area contributed by atoms with Crippen molar-refractivity contribution in [3.05, 3.63) is 41.5 Å². The number of benzene rings is 1. The van der Waals surface area contributed by atoms with Gasteiger partial charge in [-0.05, 0) is 23.5 Å². The van der Waals surface area contributed by atoms with Crippen molar-refractivity contribution in [2.45, 2.75) is 26.2 Å². The lowest BCUT2D eigenvalue weighted by Gasteiger charge is -2.08. The van der Waals surface area contributed by atoms with Crippen molar-refractivity contribution in [3.8, 4) is 0 Å². The van der Waals surface area contributed by atoms with Gasteiger partial charge in [-0.15, -0.1) is 0 Å². The molecule has 0 aliphatic heterocycles. The van der Waals surface area contributed by atoms with Gasteiger partial charge in [0.05, 0.1) is 0 Å². The fourth-order valence-electron chi connectivity index (χ4n) is 1.38. The highest BCUT2D eigenvalue weighted by molar-refractivity contribution is 5.50. The van der Waals surface area contributed by atoms with Crippen molar-refractivity contribution in [1.29, 1.82) is 0 Å². The summed E-state index contributed by atoms with van der Waals surface area (Å²) in [7, 11) is 0. The van der Waals surface area contributed by atoms with Gasteiger partial charge in [0.15, 0.2) is 0 Å². The van der Waals surface area contributed by atoms with Crippen molar-refractivity contribution in [2.24, 2.45) is 5.73 Å². The lowest BCUT2D eigenvalue weighted by Crippen LogP contribution is -1.92. The van der Waals surface area contributed by atoms with E-state index in [9.17, 15) is 0 Å². The minimum atomic E-state index is 0.604. The second-order valence-corrected chi connectivity index (χ2v) is 3.61. The highest BCUT2D eigenvalue weighted by Gasteiger charge is 2.00. The van der Waals surface area contributed by atoms with Crippen LogP contribution in [-0.2, 0) is 0 Å². The van der Waals surface area contributed by atoms with Gasteiger partial charge in [0.1, 0.15) is 0 Å². The molecular formula is C13H19N. The number of rotatable bonds is 4. The minimum absolute atomic E-state index is 0.604. The maximum Gasteiger partial charge on any atom is 0.0110 e. The Morgan fingerprint density at radius 1 is 1.29 bits per heavy atom. The molecule has 76 valence electrons. The van der Waals surface area contributed by atoms with Gasteiger partial charge in [0.2, 0.25) is 0 Å². The average Bonchev–Trinajstić information content (AvgIpc) is 2.26. The van der Waals surface area contributed by atoms with E-state index in [1.54, 1.807) is 0 Å². The second kappa shape index (κ2) is 5.61. The van der Waals surface area contributed by atoms with E-state index in [2.05, 4.69) is 44.2 Å². The summed E-state index contributed by atoms with van der Waals surface area (Å²) in [6.07, 6.45) is 5.22. The molecule has 0 aromatic heterocycles. The first kappa shape index (κ1) is 11.0. The molecule has 2 N–H and O–H groups in total. The van der Waals surface area contributed by atoms with E-state index < -0.39 is 0 Å². The van der Waals surface area contributed by atoms with Crippen LogP contribution in [0.25, 0.3) is 6.08 Å². The summed E-state index contributed by atoms with van der Waals surface area (Å²) in [6, 6.07) is 8.69. The maximum absolute atomic E-state index is 5.39. The second-order valence-electron chi connectivity index (χ2n) is 3.61. The standard InChI is InChI=1S/C13H19N/c1-3-11(2)13-8-6-12(7-9-13)5-4-10-14/h4-9,11H,3,10,14H2,1-2H3/b5-4+. The van der Waals surface area contributed by atoms with Crippen LogP contribution in [0.4, 0.5) is 0 Å². The van der Waals surface area contributed by atoms with E-state index in [1.165, 1.54) is 17.5 Å². The third-order valence-corrected chi connectivity index (χ3v) is 2.56. The Bertz CT molecular complexity index is 285. The molecule has 1 nitrogen and oxygen atoms in total. The maximum atomic E-state index is 5.39. The average molecular weight is 189 g/mol. The van der Waals surface area contributed by atoms with Crippen molar-refractivity contribution in [3.63, 3.8) is 0 Å². The summed E-state index contributed by atoms with van der Waals surface area (Å²) in [4.78, 5) is 0. The van der Waals surface area contributed by atoms with Gasteiger partial charge in [-0.2, -0.15) is 0 Å². The zero-order valence-electron chi connectivity index (χ0n) is 9.03. The summed E-state index contributed by atoms with van der Waals surface area (Å²) in [5, 5.41) is 0. The fraction of sp³-hybridized carbons (Fsp3) is 0.385. The molecule has 0 saturated heterocycles. The summed E-state index contributed by atoms with van der Waals surface area (Å²) in [5.74, 6) is 0.655. The van der Waals surface area contributed by atoms with Gasteiger partial charge in [0, 0.05) is 6.54 Å². The zero-order valence-corrected chi connectivity index (χ0v) is 9.03. The molecule has 0 spiro atoms. The molecule has 1 rings (SSSR count). The molecule has 1 aromatic rings. The first-order chi connectivity index (χ1) is 6.77. The normalized spacial score (nSPS) is 13.4. The van der Waals surface area contributed by atoms with Crippen molar-refractivity contribution in [1.82, 2.24) is 0 Å². The van der Waals surface area contributed by atoms with Crippen LogP contribution in [0.3, 0.4) is 0 Å². The highest BCUT2D eigenvalue weighted by Crippen LogP contribution is 2.18. The predicted molar refractivity (Wildman–Crippen MR) is 63.2 cm³/mol. The third kappa shape index (κ3) is 3.00. The molecule has 1 heteroatoms. The van der Waals surface area contributed by atoms with E-state index in [0.717, 1.165) is 0 Å². The van der Waals surface area contributed by atoms with Gasteiger partial charge >= 0.3 is 0 Å². The van der Waals surface area contributed by atoms with Crippen LogP contribution in [0.1, 0.15) is 37.3 Å². The Kier molecular flexibility index (Phi) is 4.41. The fourth-order valence-corrected chi connectivity index (χ4v) is 1.38. The molecule has 1 aromatic carbocycles. The molecule has 0 fully saturated rings. The van der Waals surface area contributed by atoms with E-state index in [0.29, 0.717) is 12.5 Å². The minimum Gasteiger partial charge on any atom is -0.327 e. The van der Waals surface area contributed by atoms with E-state index in [1.807, 2.05) is 6.08 Å². The van der Waals surface area contributed by atoms with Crippen LogP contribution in [-0.4, -0.2) is 6.54 Å². The lowest BCUT2D eigenvalue weighted by atomic mass is 9.97. The van der Waals surface area contributed by atoms with Gasteiger partial charge in [-0.3, -0.25) is 0 Å². The molecular weight excluding hydrogens is 170 g/mol. The topological polar surface area (TPSA) is 26.0 Å². The highest BCUT2D eigenvalue weighted by atomic mass is 14.5. The summed E-state index contributed by atoms with van der Waals surface area (Å²) in [5.41, 5.74) is 8.03. The predicted octanol–water partition coefficient (Wildman–Crippen LogP) is 3.17. The Morgan fingerprint density at radius 2 is 1.93 bits per heavy atom. The molecule has 0 radical (unpaired) electrons. The van der Waals surface area contributed by atoms with Crippen LogP contribution in [0.15, 0.2) is 30.3 Å². The Balaban J connectivity index is 2.73. The molecule has 0 aliphatic rings. The molecule has 0 amide bonds. The number of hydrogen-bond acceptors (Lipinski definition) is 1. The third-order valence-electron chi connectivity index (χ3n) is 2.56. The molecule has 0 heterocycles. The summed E-state index contributed by atoms with van der Waals surface area (Å²) >= 11 is 0. The largest absolute Gasteiger partial charge is 0.327 e. The molecule has 0 aliphatic carbocycles. The van der Waals surface area contributed by atoms with Crippen LogP contribution < -0.4 is 5.73 Å². The Hall–Kier alpha value is -1.08. The van der Waals surface area contributed by atoms with E-state index in [4.69, 9.17) is 5.73 Å². The first-order valence-electron chi connectivity index (χ1n) is 5.24. The van der Waals surface area contributed by atoms with Crippen LogP contribution in [0.5, 0.6) is 0 Å². The quantitative estimate of drug-likeness (QED) is 0.773. The molecule has 14 heavy (non-hydrogen) atoms. The Labute approximate surface area is 86.6 Å². The van der Waals surface area contributed by atoms with Gasteiger partial charge in [-0.1, -0.05) is 50.3 Å².